The molecule has 0 aliphatic heterocycles. The van der Waals surface area contributed by atoms with E-state index in [4.69, 9.17) is 33.4 Å². The average molecular weight is 349 g/mol. The topological polar surface area (TPSA) is 85.3 Å². The van der Waals surface area contributed by atoms with Crippen molar-refractivity contribution in [1.29, 1.82) is 0 Å². The lowest BCUT2D eigenvalue weighted by Gasteiger charge is -2.15. The van der Waals surface area contributed by atoms with Crippen molar-refractivity contribution < 1.29 is 12.8 Å². The number of sulfonamides is 1. The van der Waals surface area contributed by atoms with Gasteiger partial charge in [-0.15, -0.1) is 0 Å². The molecule has 0 saturated heterocycles. The van der Waals surface area contributed by atoms with Crippen LogP contribution in [0.5, 0.6) is 0 Å². The summed E-state index contributed by atoms with van der Waals surface area (Å²) >= 11 is 12.0. The molecule has 1 unspecified atom stereocenters. The van der Waals surface area contributed by atoms with Crippen molar-refractivity contribution in [2.75, 3.05) is 0 Å². The molecule has 1 aromatic heterocycles. The SMILES string of the molecule is CC(NS(=O)(=O)c1ccc(Cl)c(CN)c1Cl)c1ccco1. The minimum absolute atomic E-state index is 0.0316. The maximum atomic E-state index is 12.4. The summed E-state index contributed by atoms with van der Waals surface area (Å²) in [4.78, 5) is -0.0626. The highest BCUT2D eigenvalue weighted by Gasteiger charge is 2.24. The van der Waals surface area contributed by atoms with Crippen LogP contribution in [0.4, 0.5) is 0 Å². The van der Waals surface area contributed by atoms with Crippen molar-refractivity contribution in [3.63, 3.8) is 0 Å². The Balaban J connectivity index is 2.36. The predicted molar refractivity (Wildman–Crippen MR) is 81.8 cm³/mol. The van der Waals surface area contributed by atoms with Crippen molar-refractivity contribution in [2.24, 2.45) is 5.73 Å². The molecule has 0 radical (unpaired) electrons. The Labute approximate surface area is 133 Å². The molecule has 0 spiro atoms. The van der Waals surface area contributed by atoms with Crippen molar-refractivity contribution in [1.82, 2.24) is 4.72 Å². The van der Waals surface area contributed by atoms with Crippen molar-refractivity contribution in [3.05, 3.63) is 51.9 Å². The normalized spacial score (nSPS) is 13.3. The van der Waals surface area contributed by atoms with Gasteiger partial charge in [-0.1, -0.05) is 23.2 Å². The zero-order valence-corrected chi connectivity index (χ0v) is 13.5. The van der Waals surface area contributed by atoms with Crippen LogP contribution in [-0.4, -0.2) is 8.42 Å². The fourth-order valence-electron chi connectivity index (χ4n) is 1.86. The lowest BCUT2D eigenvalue weighted by Crippen LogP contribution is -2.27. The highest BCUT2D eigenvalue weighted by molar-refractivity contribution is 7.89. The van der Waals surface area contributed by atoms with Crippen LogP contribution >= 0.6 is 23.2 Å². The second kappa shape index (κ2) is 6.37. The summed E-state index contributed by atoms with van der Waals surface area (Å²) in [5.74, 6) is 0.503. The first-order valence-corrected chi connectivity index (χ1v) is 8.33. The first kappa shape index (κ1) is 16.3. The summed E-state index contributed by atoms with van der Waals surface area (Å²) in [5.41, 5.74) is 5.94. The second-order valence-electron chi connectivity index (χ2n) is 4.40. The van der Waals surface area contributed by atoms with Gasteiger partial charge in [0.15, 0.2) is 0 Å². The van der Waals surface area contributed by atoms with Gasteiger partial charge in [-0.2, -0.15) is 0 Å². The van der Waals surface area contributed by atoms with Gasteiger partial charge in [0.1, 0.15) is 10.7 Å². The molecule has 21 heavy (non-hydrogen) atoms. The van der Waals surface area contributed by atoms with Crippen LogP contribution in [0.3, 0.4) is 0 Å². The second-order valence-corrected chi connectivity index (χ2v) is 6.87. The zero-order chi connectivity index (χ0) is 15.6. The first-order chi connectivity index (χ1) is 9.86. The molecule has 2 aromatic rings. The van der Waals surface area contributed by atoms with Gasteiger partial charge < -0.3 is 10.2 Å². The summed E-state index contributed by atoms with van der Waals surface area (Å²) in [7, 11) is -3.82. The van der Waals surface area contributed by atoms with Crippen LogP contribution < -0.4 is 10.5 Å². The quantitative estimate of drug-likeness (QED) is 0.869. The summed E-state index contributed by atoms with van der Waals surface area (Å²) < 4.78 is 32.5. The maximum Gasteiger partial charge on any atom is 0.242 e. The maximum absolute atomic E-state index is 12.4. The lowest BCUT2D eigenvalue weighted by molar-refractivity contribution is 0.459. The van der Waals surface area contributed by atoms with Gasteiger partial charge in [0, 0.05) is 17.1 Å². The Morgan fingerprint density at radius 2 is 2.05 bits per heavy atom. The molecule has 0 saturated carbocycles. The van der Waals surface area contributed by atoms with Crippen molar-refractivity contribution >= 4 is 33.2 Å². The number of hydrogen-bond donors (Lipinski definition) is 2. The Morgan fingerprint density at radius 1 is 1.33 bits per heavy atom. The Kier molecular flexibility index (Phi) is 4.95. The molecule has 0 amide bonds. The van der Waals surface area contributed by atoms with Crippen LogP contribution in [0, 0.1) is 0 Å². The molecule has 114 valence electrons. The average Bonchev–Trinajstić information content (AvgIpc) is 2.92. The molecule has 1 atom stereocenters. The molecule has 1 aromatic carbocycles. The number of hydrogen-bond acceptors (Lipinski definition) is 4. The number of furan rings is 1. The molecular formula is C13H14Cl2N2O3S. The molecule has 0 bridgehead atoms. The molecule has 3 N–H and O–H groups in total. The van der Waals surface area contributed by atoms with Gasteiger partial charge in [0.2, 0.25) is 10.0 Å². The lowest BCUT2D eigenvalue weighted by atomic mass is 10.2. The molecule has 0 aliphatic carbocycles. The summed E-state index contributed by atoms with van der Waals surface area (Å²) in [6, 6.07) is 5.64. The van der Waals surface area contributed by atoms with Gasteiger partial charge in [0.25, 0.3) is 0 Å². The third-order valence-corrected chi connectivity index (χ3v) is 5.43. The number of rotatable bonds is 5. The molecule has 8 heteroatoms. The van der Waals surface area contributed by atoms with E-state index in [2.05, 4.69) is 4.72 Å². The molecular weight excluding hydrogens is 335 g/mol. The van der Waals surface area contributed by atoms with Gasteiger partial charge in [-0.25, -0.2) is 13.1 Å². The predicted octanol–water partition coefficient (Wildman–Crippen LogP) is 3.08. The van der Waals surface area contributed by atoms with Crippen molar-refractivity contribution in [3.8, 4) is 0 Å². The summed E-state index contributed by atoms with van der Waals surface area (Å²) in [5, 5.41) is 0.365. The van der Waals surface area contributed by atoms with E-state index < -0.39 is 16.1 Å². The molecule has 0 fully saturated rings. The minimum atomic E-state index is -3.82. The summed E-state index contributed by atoms with van der Waals surface area (Å²) in [6.45, 7) is 1.72. The number of halogens is 2. The fourth-order valence-corrected chi connectivity index (χ4v) is 4.01. The van der Waals surface area contributed by atoms with Crippen LogP contribution in [0.1, 0.15) is 24.3 Å². The highest BCUT2D eigenvalue weighted by Crippen LogP contribution is 2.31. The third-order valence-electron chi connectivity index (χ3n) is 2.95. The van der Waals surface area contributed by atoms with Crippen LogP contribution in [0.15, 0.2) is 39.8 Å². The molecule has 0 aliphatic rings. The smallest absolute Gasteiger partial charge is 0.242 e. The van der Waals surface area contributed by atoms with Gasteiger partial charge >= 0.3 is 0 Å². The van der Waals surface area contributed by atoms with E-state index in [1.807, 2.05) is 0 Å². The minimum Gasteiger partial charge on any atom is -0.468 e. The number of benzene rings is 1. The summed E-state index contributed by atoms with van der Waals surface area (Å²) in [6.07, 6.45) is 1.47. The van der Waals surface area contributed by atoms with Crippen molar-refractivity contribution in [2.45, 2.75) is 24.4 Å². The number of nitrogens with one attached hydrogen (secondary N) is 1. The van der Waals surface area contributed by atoms with E-state index in [0.29, 0.717) is 16.3 Å². The van der Waals surface area contributed by atoms with E-state index in [9.17, 15) is 8.42 Å². The van der Waals surface area contributed by atoms with Gasteiger partial charge in [-0.3, -0.25) is 0 Å². The fraction of sp³-hybridized carbons (Fsp3) is 0.231. The number of nitrogens with two attached hydrogens (primary N) is 1. The van der Waals surface area contributed by atoms with E-state index in [1.54, 1.807) is 19.1 Å². The van der Waals surface area contributed by atoms with Gasteiger partial charge in [-0.05, 0) is 31.2 Å². The largest absolute Gasteiger partial charge is 0.468 e. The molecule has 1 heterocycles. The zero-order valence-electron chi connectivity index (χ0n) is 11.1. The monoisotopic (exact) mass is 348 g/mol. The van der Waals surface area contributed by atoms with Crippen LogP contribution in [-0.2, 0) is 16.6 Å². The third kappa shape index (κ3) is 3.41. The van der Waals surface area contributed by atoms with Crippen LogP contribution in [0.2, 0.25) is 10.0 Å². The standard InChI is InChI=1S/C13H14Cl2N2O3S/c1-8(11-3-2-6-20-11)17-21(18,19)12-5-4-10(14)9(7-16)13(12)15/h2-6,8,17H,7,16H2,1H3. The molecule has 5 nitrogen and oxygen atoms in total. The van der Waals surface area contributed by atoms with E-state index in [1.165, 1.54) is 18.4 Å². The highest BCUT2D eigenvalue weighted by atomic mass is 35.5. The van der Waals surface area contributed by atoms with Gasteiger partial charge in [0.05, 0.1) is 17.3 Å². The van der Waals surface area contributed by atoms with E-state index >= 15 is 0 Å². The Bertz CT molecular complexity index is 730. The first-order valence-electron chi connectivity index (χ1n) is 6.09. The van der Waals surface area contributed by atoms with E-state index in [-0.39, 0.29) is 16.5 Å². The van der Waals surface area contributed by atoms with E-state index in [0.717, 1.165) is 0 Å². The van der Waals surface area contributed by atoms with Crippen LogP contribution in [0.25, 0.3) is 0 Å². The molecule has 2 rings (SSSR count). The Morgan fingerprint density at radius 3 is 2.62 bits per heavy atom. The Hall–Kier alpha value is -1.05.